The van der Waals surface area contributed by atoms with Crippen LogP contribution in [0.5, 0.6) is 5.75 Å². The molecule has 0 bridgehead atoms. The summed E-state index contributed by atoms with van der Waals surface area (Å²) in [4.78, 5) is 38.7. The Labute approximate surface area is 261 Å². The zero-order valence-electron chi connectivity index (χ0n) is 24.6. The number of nitrogens with one attached hydrogen (secondary N) is 3. The second-order valence-corrected chi connectivity index (χ2v) is 14.3. The van der Waals surface area contributed by atoms with Crippen LogP contribution in [0.15, 0.2) is 47.5 Å². The number of halogens is 1. The molecule has 4 heterocycles. The number of benzene rings is 2. The minimum atomic E-state index is -3.58. The van der Waals surface area contributed by atoms with Crippen LogP contribution in [0.4, 0.5) is 23.1 Å². The van der Waals surface area contributed by atoms with Crippen molar-refractivity contribution in [3.05, 3.63) is 58.7 Å². The lowest BCUT2D eigenvalue weighted by Crippen LogP contribution is -2.63. The highest BCUT2D eigenvalue weighted by Crippen LogP contribution is 2.37. The number of fused-ring (bicyclic) bond motifs is 1. The Bertz CT molecular complexity index is 1720. The first kappa shape index (κ1) is 30.1. The second kappa shape index (κ2) is 11.9. The van der Waals surface area contributed by atoms with Crippen molar-refractivity contribution in [3.8, 4) is 5.75 Å². The summed E-state index contributed by atoms with van der Waals surface area (Å²) in [5.41, 5.74) is 2.19. The molecule has 44 heavy (non-hydrogen) atoms. The minimum absolute atomic E-state index is 0.0433. The lowest BCUT2D eigenvalue weighted by Gasteiger charge is -2.44. The summed E-state index contributed by atoms with van der Waals surface area (Å²) < 4.78 is 31.5. The molecule has 0 saturated carbocycles. The molecule has 2 aromatic carbocycles. The van der Waals surface area contributed by atoms with Gasteiger partial charge < -0.3 is 30.5 Å². The molecule has 2 saturated heterocycles. The third-order valence-electron chi connectivity index (χ3n) is 8.29. The molecule has 0 radical (unpaired) electrons. The first-order chi connectivity index (χ1) is 21.1. The third kappa shape index (κ3) is 5.55. The molecule has 12 nitrogen and oxygen atoms in total. The monoisotopic (exact) mass is 639 g/mol. The van der Waals surface area contributed by atoms with E-state index in [2.05, 4.69) is 25.9 Å². The Hall–Kier alpha value is -3.94. The lowest BCUT2D eigenvalue weighted by molar-refractivity contribution is -0.139. The first-order valence-electron chi connectivity index (χ1n) is 14.5. The van der Waals surface area contributed by atoms with Crippen molar-refractivity contribution in [1.82, 2.24) is 25.1 Å². The molecule has 1 atom stereocenters. The van der Waals surface area contributed by atoms with E-state index in [9.17, 15) is 18.0 Å². The quantitative estimate of drug-likeness (QED) is 0.317. The number of carbonyl (C=O) groups excluding carboxylic acids is 2. The van der Waals surface area contributed by atoms with Gasteiger partial charge in [-0.15, -0.1) is 0 Å². The Morgan fingerprint density at radius 2 is 1.93 bits per heavy atom. The fraction of sp³-hybridized carbons (Fsp3) is 0.400. The largest absolute Gasteiger partial charge is 0.495 e. The Balaban J connectivity index is 1.19. The van der Waals surface area contributed by atoms with Crippen molar-refractivity contribution in [2.45, 2.75) is 55.5 Å². The zero-order chi connectivity index (χ0) is 31.2. The molecular formula is C30H34ClN7O5S. The topological polar surface area (TPSA) is 146 Å². The molecule has 3 N–H and O–H groups in total. The van der Waals surface area contributed by atoms with Gasteiger partial charge in [-0.3, -0.25) is 9.59 Å². The number of carbonyl (C=O) groups is 2. The molecule has 6 rings (SSSR count). The van der Waals surface area contributed by atoms with Crippen LogP contribution in [0.3, 0.4) is 0 Å². The standard InChI is InChI=1S/C30H34ClN7O5S/c1-17(2)44(41,42)26-9-5-4-7-22(26)34-27-21(31)13-33-30(36-27)35-24-12-20-18(11-25(24)43-3)14-38(28(20)39)19-15-37(16-19)29(40)23-8-6-10-32-23/h4-5,7,9,11-13,17,19,23,32H,6,8,10,14-16H2,1-3H3,(H2,33,34,35,36)/t23-/m0/s1. The predicted octanol–water partition coefficient (Wildman–Crippen LogP) is 3.73. The Morgan fingerprint density at radius 1 is 1.16 bits per heavy atom. The second-order valence-electron chi connectivity index (χ2n) is 11.4. The van der Waals surface area contributed by atoms with E-state index in [1.807, 2.05) is 15.9 Å². The summed E-state index contributed by atoms with van der Waals surface area (Å²) in [6, 6.07) is 9.94. The zero-order valence-corrected chi connectivity index (χ0v) is 26.2. The van der Waals surface area contributed by atoms with Crippen LogP contribution < -0.4 is 20.7 Å². The number of nitrogens with zero attached hydrogens (tertiary/aromatic N) is 4. The number of ether oxygens (including phenoxy) is 1. The van der Waals surface area contributed by atoms with Gasteiger partial charge in [0, 0.05) is 25.2 Å². The van der Waals surface area contributed by atoms with Crippen LogP contribution in [0.1, 0.15) is 42.6 Å². The maximum atomic E-state index is 13.5. The van der Waals surface area contributed by atoms with Crippen molar-refractivity contribution >= 4 is 56.4 Å². The molecule has 2 fully saturated rings. The summed E-state index contributed by atoms with van der Waals surface area (Å²) >= 11 is 6.40. The number of aromatic nitrogens is 2. The Morgan fingerprint density at radius 3 is 2.64 bits per heavy atom. The van der Waals surface area contributed by atoms with E-state index in [0.29, 0.717) is 42.3 Å². The molecule has 14 heteroatoms. The van der Waals surface area contributed by atoms with Gasteiger partial charge in [0.25, 0.3) is 5.91 Å². The number of methoxy groups -OCH3 is 1. The number of amides is 2. The normalized spacial score (nSPS) is 18.4. The summed E-state index contributed by atoms with van der Waals surface area (Å²) in [7, 11) is -2.04. The van der Waals surface area contributed by atoms with Crippen molar-refractivity contribution < 1.29 is 22.7 Å². The van der Waals surface area contributed by atoms with E-state index >= 15 is 0 Å². The highest BCUT2D eigenvalue weighted by molar-refractivity contribution is 7.92. The van der Waals surface area contributed by atoms with Gasteiger partial charge in [-0.1, -0.05) is 23.7 Å². The first-order valence-corrected chi connectivity index (χ1v) is 16.4. The number of sulfone groups is 1. The van der Waals surface area contributed by atoms with Crippen molar-refractivity contribution in [3.63, 3.8) is 0 Å². The molecule has 3 aliphatic rings. The van der Waals surface area contributed by atoms with Gasteiger partial charge in [0.2, 0.25) is 11.9 Å². The number of likely N-dealkylation sites (tertiary alicyclic amines) is 1. The summed E-state index contributed by atoms with van der Waals surface area (Å²) in [6.45, 7) is 5.58. The lowest BCUT2D eigenvalue weighted by atomic mass is 10.0. The molecule has 1 aromatic heterocycles. The smallest absolute Gasteiger partial charge is 0.254 e. The molecule has 0 aliphatic carbocycles. The molecule has 3 aromatic rings. The number of para-hydroxylation sites is 1. The third-order valence-corrected chi connectivity index (χ3v) is 10.8. The highest BCUT2D eigenvalue weighted by Gasteiger charge is 2.43. The van der Waals surface area contributed by atoms with E-state index in [1.54, 1.807) is 38.1 Å². The van der Waals surface area contributed by atoms with E-state index in [0.717, 1.165) is 24.9 Å². The average molecular weight is 640 g/mol. The van der Waals surface area contributed by atoms with Crippen molar-refractivity contribution in [2.75, 3.05) is 37.4 Å². The molecule has 0 spiro atoms. The summed E-state index contributed by atoms with van der Waals surface area (Å²) in [5, 5.41) is 8.98. The van der Waals surface area contributed by atoms with Crippen LogP contribution in [0.25, 0.3) is 0 Å². The van der Waals surface area contributed by atoms with E-state index < -0.39 is 15.1 Å². The number of rotatable bonds is 9. The van der Waals surface area contributed by atoms with Crippen LogP contribution >= 0.6 is 11.6 Å². The number of hydrogen-bond donors (Lipinski definition) is 3. The fourth-order valence-electron chi connectivity index (χ4n) is 5.71. The molecule has 2 amide bonds. The van der Waals surface area contributed by atoms with Crippen LogP contribution in [0, 0.1) is 0 Å². The minimum Gasteiger partial charge on any atom is -0.495 e. The Kier molecular flexibility index (Phi) is 8.12. The van der Waals surface area contributed by atoms with E-state index in [-0.39, 0.29) is 45.6 Å². The van der Waals surface area contributed by atoms with Gasteiger partial charge in [0.1, 0.15) is 10.8 Å². The molecule has 0 unspecified atom stereocenters. The SMILES string of the molecule is COc1cc2c(cc1Nc1ncc(Cl)c(Nc3ccccc3S(=O)(=O)C(C)C)n1)C(=O)N(C1CN(C(=O)[C@@H]3CCCN3)C1)C2. The molecule has 3 aliphatic heterocycles. The van der Waals surface area contributed by atoms with Gasteiger partial charge in [-0.2, -0.15) is 4.98 Å². The highest BCUT2D eigenvalue weighted by atomic mass is 35.5. The fourth-order valence-corrected chi connectivity index (χ4v) is 7.05. The molecular weight excluding hydrogens is 606 g/mol. The van der Waals surface area contributed by atoms with Crippen molar-refractivity contribution in [2.24, 2.45) is 0 Å². The van der Waals surface area contributed by atoms with Crippen LogP contribution in [-0.2, 0) is 21.2 Å². The van der Waals surface area contributed by atoms with E-state index in [1.165, 1.54) is 19.4 Å². The predicted molar refractivity (Wildman–Crippen MR) is 167 cm³/mol. The van der Waals surface area contributed by atoms with Gasteiger partial charge in [-0.05, 0) is 63.1 Å². The maximum Gasteiger partial charge on any atom is 0.254 e. The van der Waals surface area contributed by atoms with Crippen LogP contribution in [0.2, 0.25) is 5.02 Å². The van der Waals surface area contributed by atoms with Gasteiger partial charge in [0.05, 0.1) is 46.9 Å². The number of hydrogen-bond acceptors (Lipinski definition) is 10. The number of anilines is 4. The van der Waals surface area contributed by atoms with Crippen LogP contribution in [-0.4, -0.2) is 84.1 Å². The molecule has 232 valence electrons. The van der Waals surface area contributed by atoms with Gasteiger partial charge in [-0.25, -0.2) is 13.4 Å². The average Bonchev–Trinajstić information content (AvgIpc) is 3.63. The van der Waals surface area contributed by atoms with Gasteiger partial charge in [0.15, 0.2) is 15.7 Å². The maximum absolute atomic E-state index is 13.5. The van der Waals surface area contributed by atoms with E-state index in [4.69, 9.17) is 16.3 Å². The van der Waals surface area contributed by atoms with Gasteiger partial charge >= 0.3 is 0 Å². The summed E-state index contributed by atoms with van der Waals surface area (Å²) in [6.07, 6.45) is 3.25. The summed E-state index contributed by atoms with van der Waals surface area (Å²) in [5.74, 6) is 0.866. The van der Waals surface area contributed by atoms with Crippen molar-refractivity contribution in [1.29, 1.82) is 0 Å².